The van der Waals surface area contributed by atoms with E-state index in [1.54, 1.807) is 41.5 Å². The SMILES string of the molecule is CCCS(=O)(=O)F.CCCS(=O)(=O)OCC.CCO.CCO.CCOS(C)(=O)=O.CS(=O)(=O)F.I. The molecule has 0 aliphatic heterocycles. The summed E-state index contributed by atoms with van der Waals surface area (Å²) in [5.74, 6) is -0.228. The van der Waals surface area contributed by atoms with Crippen LogP contribution in [-0.2, 0) is 49.0 Å². The Balaban J connectivity index is -0.0000000557. The van der Waals surface area contributed by atoms with E-state index in [0.29, 0.717) is 19.1 Å². The van der Waals surface area contributed by atoms with Crippen molar-refractivity contribution in [3.05, 3.63) is 0 Å². The van der Waals surface area contributed by atoms with E-state index in [1.807, 2.05) is 0 Å². The van der Waals surface area contributed by atoms with E-state index in [9.17, 15) is 33.0 Å². The van der Waals surface area contributed by atoms with E-state index >= 15 is 0 Å². The molecule has 224 valence electrons. The van der Waals surface area contributed by atoms with Crippen LogP contribution in [0.1, 0.15) is 54.4 Å². The first-order valence-electron chi connectivity index (χ1n) is 9.82. The number of hydrogen-bond acceptors (Lipinski definition) is 12. The molecule has 0 saturated heterocycles. The van der Waals surface area contributed by atoms with Gasteiger partial charge >= 0.3 is 10.2 Å². The molecule has 0 heterocycles. The van der Waals surface area contributed by atoms with Crippen LogP contribution in [0.4, 0.5) is 7.77 Å². The fourth-order valence-corrected chi connectivity index (χ4v) is 2.84. The molecule has 0 radical (unpaired) electrons. The largest absolute Gasteiger partial charge is 0.397 e. The van der Waals surface area contributed by atoms with Crippen molar-refractivity contribution in [2.24, 2.45) is 0 Å². The molecule has 0 atom stereocenters. The van der Waals surface area contributed by atoms with Crippen LogP contribution < -0.4 is 0 Å². The van der Waals surface area contributed by atoms with E-state index in [0.717, 1.165) is 6.26 Å². The predicted octanol–water partition coefficient (Wildman–Crippen LogP) is 1.97. The smallest absolute Gasteiger partial charge is 0.302 e. The molecular weight excluding hydrogens is 677 g/mol. The third-order valence-electron chi connectivity index (χ3n) is 1.53. The highest BCUT2D eigenvalue weighted by molar-refractivity contribution is 14.0. The van der Waals surface area contributed by atoms with Gasteiger partial charge in [-0.2, -0.15) is 33.7 Å². The van der Waals surface area contributed by atoms with Gasteiger partial charge in [0.15, 0.2) is 0 Å². The third kappa shape index (κ3) is 135. The monoisotopic (exact) mass is 720 g/mol. The maximum absolute atomic E-state index is 11.4. The Bertz CT molecular complexity index is 761. The summed E-state index contributed by atoms with van der Waals surface area (Å²) >= 11 is 0. The lowest BCUT2D eigenvalue weighted by atomic mass is 10.6. The number of halogens is 3. The number of rotatable bonds is 8. The van der Waals surface area contributed by atoms with Crippen LogP contribution >= 0.6 is 24.0 Å². The summed E-state index contributed by atoms with van der Waals surface area (Å²) < 4.78 is 109. The van der Waals surface area contributed by atoms with E-state index in [2.05, 4.69) is 8.37 Å². The van der Waals surface area contributed by atoms with Crippen molar-refractivity contribution in [2.45, 2.75) is 54.4 Å². The quantitative estimate of drug-likeness (QED) is 0.211. The van der Waals surface area contributed by atoms with Crippen molar-refractivity contribution in [1.82, 2.24) is 0 Å². The normalized spacial score (nSPS) is 10.4. The second-order valence-electron chi connectivity index (χ2n) is 5.34. The van der Waals surface area contributed by atoms with Crippen LogP contribution in [0, 0.1) is 0 Å². The Morgan fingerprint density at radius 1 is 0.629 bits per heavy atom. The van der Waals surface area contributed by atoms with Gasteiger partial charge in [-0.15, -0.1) is 31.7 Å². The molecule has 0 aliphatic carbocycles. The fraction of sp³-hybridized carbons (Fsp3) is 1.00. The molecule has 0 bridgehead atoms. The maximum Gasteiger partial charge on any atom is 0.302 e. The average Bonchev–Trinajstić information content (AvgIpc) is 2.53. The number of hydrogen-bond donors (Lipinski definition) is 2. The van der Waals surface area contributed by atoms with Gasteiger partial charge in [0.05, 0.1) is 37.2 Å². The molecule has 12 nitrogen and oxygen atoms in total. The number of aliphatic hydroxyl groups excluding tert-OH is 2. The Morgan fingerprint density at radius 2 is 0.886 bits per heavy atom. The minimum Gasteiger partial charge on any atom is -0.397 e. The Kier molecular flexibility index (Phi) is 47.7. The molecule has 19 heteroatoms. The lowest BCUT2D eigenvalue weighted by molar-refractivity contribution is 0.318. The van der Waals surface area contributed by atoms with Crippen LogP contribution in [-0.4, -0.2) is 94.3 Å². The van der Waals surface area contributed by atoms with E-state index in [4.69, 9.17) is 18.6 Å². The summed E-state index contributed by atoms with van der Waals surface area (Å²) in [4.78, 5) is 0. The predicted molar refractivity (Wildman–Crippen MR) is 144 cm³/mol. The average molecular weight is 721 g/mol. The van der Waals surface area contributed by atoms with Crippen molar-refractivity contribution in [2.75, 3.05) is 50.4 Å². The molecule has 0 aromatic heterocycles. The molecule has 0 amide bonds. The third-order valence-corrected chi connectivity index (χ3v) is 4.59. The molecule has 0 unspecified atom stereocenters. The van der Waals surface area contributed by atoms with Crippen LogP contribution in [0.25, 0.3) is 0 Å². The molecule has 0 aliphatic rings. The van der Waals surface area contributed by atoms with Gasteiger partial charge in [0, 0.05) is 13.2 Å². The lowest BCUT2D eigenvalue weighted by Gasteiger charge is -1.98. The summed E-state index contributed by atoms with van der Waals surface area (Å²) in [6, 6.07) is 0. The Morgan fingerprint density at radius 3 is 0.971 bits per heavy atom. The van der Waals surface area contributed by atoms with Crippen molar-refractivity contribution >= 4 is 64.7 Å². The minimum absolute atomic E-state index is 0. The van der Waals surface area contributed by atoms with Crippen LogP contribution in [0.15, 0.2) is 0 Å². The van der Waals surface area contributed by atoms with Gasteiger partial charge in [-0.1, -0.05) is 13.8 Å². The van der Waals surface area contributed by atoms with Crippen molar-refractivity contribution in [3.8, 4) is 0 Å². The van der Waals surface area contributed by atoms with Gasteiger partial charge in [-0.3, -0.25) is 8.37 Å². The molecule has 0 spiro atoms. The van der Waals surface area contributed by atoms with Gasteiger partial charge in [0.1, 0.15) is 0 Å². The first-order valence-corrected chi connectivity index (χ1v) is 16.6. The molecule has 0 saturated carbocycles. The summed E-state index contributed by atoms with van der Waals surface area (Å²) in [6.45, 7) is 11.0. The van der Waals surface area contributed by atoms with Gasteiger partial charge in [-0.05, 0) is 40.5 Å². The molecular formula is C16H43F2IO12S4. The molecule has 35 heavy (non-hydrogen) atoms. The lowest BCUT2D eigenvalue weighted by Crippen LogP contribution is -2.09. The standard InChI is InChI=1S/C5H12O3S.C3H7FO2S.C3H8O3S.2C2H6O.CH3FO2S.HI/c1-3-5-9(6,7)8-4-2;1-2-3-7(4,5)6;1-3-6-7(2,4)5;2*1-2-3;1-5(2,3)4;/h3-5H2,1-2H3;2-3H2,1H3;3H2,1-2H3;2*3H,2H2,1H3;1H3;1H. The Hall–Kier alpha value is 0.230. The second kappa shape index (κ2) is 32.3. The van der Waals surface area contributed by atoms with E-state index in [-0.39, 0.29) is 61.9 Å². The first-order chi connectivity index (χ1) is 15.1. The summed E-state index contributed by atoms with van der Waals surface area (Å²) in [7, 11) is -14.7. The van der Waals surface area contributed by atoms with Gasteiger partial charge in [0.25, 0.3) is 30.5 Å². The zero-order chi connectivity index (χ0) is 29.1. The zero-order valence-electron chi connectivity index (χ0n) is 21.4. The second-order valence-corrected chi connectivity index (χ2v) is 11.6. The topological polar surface area (TPSA) is 195 Å². The first kappa shape index (κ1) is 51.8. The Labute approximate surface area is 228 Å². The highest BCUT2D eigenvalue weighted by Crippen LogP contribution is 1.94. The summed E-state index contributed by atoms with van der Waals surface area (Å²) in [5, 5.41) is 15.1. The van der Waals surface area contributed by atoms with Crippen molar-refractivity contribution in [3.63, 3.8) is 0 Å². The van der Waals surface area contributed by atoms with E-state index < -0.39 is 40.7 Å². The van der Waals surface area contributed by atoms with Gasteiger partial charge < -0.3 is 10.2 Å². The van der Waals surface area contributed by atoms with Crippen molar-refractivity contribution < 1.29 is 60.0 Å². The fourth-order valence-electron chi connectivity index (χ4n) is 0.946. The minimum atomic E-state index is -4.17. The van der Waals surface area contributed by atoms with Crippen LogP contribution in [0.2, 0.25) is 0 Å². The summed E-state index contributed by atoms with van der Waals surface area (Å²) in [5.41, 5.74) is 0. The molecule has 0 fully saturated rings. The van der Waals surface area contributed by atoms with Gasteiger partial charge in [0.2, 0.25) is 0 Å². The number of aliphatic hydroxyl groups is 2. The van der Waals surface area contributed by atoms with Gasteiger partial charge in [-0.25, -0.2) is 0 Å². The summed E-state index contributed by atoms with van der Waals surface area (Å²) in [6.07, 6.45) is 2.48. The van der Waals surface area contributed by atoms with E-state index in [1.165, 1.54) is 0 Å². The van der Waals surface area contributed by atoms with Crippen LogP contribution in [0.3, 0.4) is 0 Å². The highest BCUT2D eigenvalue weighted by atomic mass is 127. The molecule has 2 N–H and O–H groups in total. The van der Waals surface area contributed by atoms with Crippen LogP contribution in [0.5, 0.6) is 0 Å². The molecule has 0 aromatic rings. The molecule has 0 aromatic carbocycles. The zero-order valence-corrected chi connectivity index (χ0v) is 27.0. The van der Waals surface area contributed by atoms with Crippen molar-refractivity contribution in [1.29, 1.82) is 0 Å². The highest BCUT2D eigenvalue weighted by Gasteiger charge is 2.06. The maximum atomic E-state index is 11.4. The molecule has 0 rings (SSSR count).